The van der Waals surface area contributed by atoms with E-state index in [9.17, 15) is 9.90 Å². The summed E-state index contributed by atoms with van der Waals surface area (Å²) >= 11 is 1.81. The zero-order valence-electron chi connectivity index (χ0n) is 8.32. The third kappa shape index (κ3) is 2.04. The summed E-state index contributed by atoms with van der Waals surface area (Å²) in [4.78, 5) is 13.5. The van der Waals surface area contributed by atoms with Gasteiger partial charge < -0.3 is 15.3 Å². The van der Waals surface area contributed by atoms with Crippen LogP contribution in [0.15, 0.2) is 0 Å². The first-order valence-corrected chi connectivity index (χ1v) is 6.06. The first kappa shape index (κ1) is 10.3. The first-order valence-electron chi connectivity index (χ1n) is 4.91. The molecular formula is C9H16N2O2S. The van der Waals surface area contributed by atoms with Gasteiger partial charge >= 0.3 is 0 Å². The Morgan fingerprint density at radius 2 is 2.36 bits per heavy atom. The average molecular weight is 216 g/mol. The number of nitrogens with zero attached hydrogens (tertiary/aromatic N) is 1. The fourth-order valence-electron chi connectivity index (χ4n) is 1.88. The van der Waals surface area contributed by atoms with Gasteiger partial charge in [0.25, 0.3) is 0 Å². The molecule has 0 aliphatic carbocycles. The predicted molar refractivity (Wildman–Crippen MR) is 56.3 cm³/mol. The molecule has 2 saturated heterocycles. The van der Waals surface area contributed by atoms with Crippen LogP contribution in [0.1, 0.15) is 6.92 Å². The van der Waals surface area contributed by atoms with Crippen LogP contribution in [0.4, 0.5) is 0 Å². The highest BCUT2D eigenvalue weighted by Gasteiger charge is 2.41. The van der Waals surface area contributed by atoms with Crippen molar-refractivity contribution in [1.29, 1.82) is 0 Å². The van der Waals surface area contributed by atoms with Crippen molar-refractivity contribution in [2.75, 3.05) is 31.1 Å². The third-order valence-electron chi connectivity index (χ3n) is 2.59. The SMILES string of the molecule is CC1(O)CN(C(=O)C2CSCCN2)C1. The molecule has 1 unspecified atom stereocenters. The van der Waals surface area contributed by atoms with Crippen molar-refractivity contribution < 1.29 is 9.90 Å². The molecule has 0 spiro atoms. The topological polar surface area (TPSA) is 52.6 Å². The van der Waals surface area contributed by atoms with E-state index in [0.29, 0.717) is 13.1 Å². The zero-order valence-corrected chi connectivity index (χ0v) is 9.14. The Bertz CT molecular complexity index is 231. The number of hydrogen-bond donors (Lipinski definition) is 2. The second-order valence-electron chi connectivity index (χ2n) is 4.27. The van der Waals surface area contributed by atoms with Crippen molar-refractivity contribution in [3.63, 3.8) is 0 Å². The number of carbonyl (C=O) groups excluding carboxylic acids is 1. The zero-order chi connectivity index (χ0) is 10.2. The minimum atomic E-state index is -0.655. The Kier molecular flexibility index (Phi) is 2.72. The maximum Gasteiger partial charge on any atom is 0.240 e. The van der Waals surface area contributed by atoms with E-state index in [2.05, 4.69) is 5.32 Å². The lowest BCUT2D eigenvalue weighted by Crippen LogP contribution is -2.65. The van der Waals surface area contributed by atoms with Gasteiger partial charge in [-0.15, -0.1) is 0 Å². The second kappa shape index (κ2) is 3.72. The van der Waals surface area contributed by atoms with Gasteiger partial charge in [-0.2, -0.15) is 11.8 Å². The summed E-state index contributed by atoms with van der Waals surface area (Å²) in [6.07, 6.45) is 0. The van der Waals surface area contributed by atoms with Gasteiger partial charge in [-0.05, 0) is 6.92 Å². The summed E-state index contributed by atoms with van der Waals surface area (Å²) in [5.41, 5.74) is -0.655. The quantitative estimate of drug-likeness (QED) is 0.608. The molecule has 1 atom stereocenters. The highest BCUT2D eigenvalue weighted by atomic mass is 32.2. The van der Waals surface area contributed by atoms with E-state index in [0.717, 1.165) is 18.1 Å². The lowest BCUT2D eigenvalue weighted by atomic mass is 9.96. The molecule has 0 radical (unpaired) electrons. The van der Waals surface area contributed by atoms with Crippen molar-refractivity contribution in [1.82, 2.24) is 10.2 Å². The molecule has 0 bridgehead atoms. The summed E-state index contributed by atoms with van der Waals surface area (Å²) in [7, 11) is 0. The standard InChI is InChI=1S/C9H16N2O2S/c1-9(13)5-11(6-9)8(12)7-4-14-3-2-10-7/h7,10,13H,2-6H2,1H3. The molecule has 2 fully saturated rings. The molecule has 0 aromatic heterocycles. The molecular weight excluding hydrogens is 200 g/mol. The number of carbonyl (C=O) groups is 1. The molecule has 14 heavy (non-hydrogen) atoms. The Balaban J connectivity index is 1.84. The molecule has 1 amide bonds. The number of β-amino-alcohol motifs (C(OH)–C–C–N with tert-alkyl or cyclic N) is 1. The summed E-state index contributed by atoms with van der Waals surface area (Å²) in [6, 6.07) is -0.0372. The molecule has 0 aromatic rings. The molecule has 5 heteroatoms. The molecule has 2 aliphatic rings. The van der Waals surface area contributed by atoms with Gasteiger partial charge in [0.05, 0.1) is 24.7 Å². The van der Waals surface area contributed by atoms with Crippen LogP contribution in [0.5, 0.6) is 0 Å². The fraction of sp³-hybridized carbons (Fsp3) is 0.889. The number of amides is 1. The Hall–Kier alpha value is -0.260. The highest BCUT2D eigenvalue weighted by Crippen LogP contribution is 2.21. The predicted octanol–water partition coefficient (Wildman–Crippen LogP) is -0.715. The molecule has 0 saturated carbocycles. The van der Waals surface area contributed by atoms with Crippen LogP contribution in [0.2, 0.25) is 0 Å². The van der Waals surface area contributed by atoms with Crippen LogP contribution in [-0.2, 0) is 4.79 Å². The van der Waals surface area contributed by atoms with Gasteiger partial charge in [0.2, 0.25) is 5.91 Å². The molecule has 80 valence electrons. The minimum Gasteiger partial charge on any atom is -0.386 e. The van der Waals surface area contributed by atoms with Crippen LogP contribution in [-0.4, -0.2) is 58.7 Å². The van der Waals surface area contributed by atoms with E-state index in [-0.39, 0.29) is 11.9 Å². The smallest absolute Gasteiger partial charge is 0.240 e. The van der Waals surface area contributed by atoms with Crippen LogP contribution < -0.4 is 5.32 Å². The normalized spacial score (nSPS) is 31.0. The molecule has 2 rings (SSSR count). The molecule has 2 heterocycles. The number of nitrogens with one attached hydrogen (secondary N) is 1. The van der Waals surface area contributed by atoms with Gasteiger partial charge in [-0.3, -0.25) is 4.79 Å². The maximum atomic E-state index is 11.8. The average Bonchev–Trinajstić information content (AvgIpc) is 2.14. The van der Waals surface area contributed by atoms with Crippen LogP contribution >= 0.6 is 11.8 Å². The van der Waals surface area contributed by atoms with E-state index in [1.54, 1.807) is 11.8 Å². The lowest BCUT2D eigenvalue weighted by molar-refractivity contribution is -0.153. The van der Waals surface area contributed by atoms with Gasteiger partial charge in [-0.25, -0.2) is 0 Å². The number of likely N-dealkylation sites (tertiary alicyclic amines) is 1. The number of rotatable bonds is 1. The number of thioether (sulfide) groups is 1. The Labute approximate surface area is 88.0 Å². The van der Waals surface area contributed by atoms with Gasteiger partial charge in [0.1, 0.15) is 0 Å². The fourth-order valence-corrected chi connectivity index (χ4v) is 2.80. The number of hydrogen-bond acceptors (Lipinski definition) is 4. The second-order valence-corrected chi connectivity index (χ2v) is 5.42. The van der Waals surface area contributed by atoms with Crippen LogP contribution in [0.3, 0.4) is 0 Å². The summed E-state index contributed by atoms with van der Waals surface area (Å²) in [5.74, 6) is 2.09. The summed E-state index contributed by atoms with van der Waals surface area (Å²) < 4.78 is 0. The van der Waals surface area contributed by atoms with Crippen molar-refractivity contribution in [2.24, 2.45) is 0 Å². The van der Waals surface area contributed by atoms with Crippen molar-refractivity contribution in [3.8, 4) is 0 Å². The summed E-state index contributed by atoms with van der Waals surface area (Å²) in [6.45, 7) is 3.63. The Morgan fingerprint density at radius 1 is 1.64 bits per heavy atom. The van der Waals surface area contributed by atoms with E-state index >= 15 is 0 Å². The van der Waals surface area contributed by atoms with Crippen molar-refractivity contribution in [2.45, 2.75) is 18.6 Å². The largest absolute Gasteiger partial charge is 0.386 e. The van der Waals surface area contributed by atoms with Crippen LogP contribution in [0.25, 0.3) is 0 Å². The lowest BCUT2D eigenvalue weighted by Gasteiger charge is -2.45. The molecule has 2 N–H and O–H groups in total. The van der Waals surface area contributed by atoms with E-state index in [1.807, 2.05) is 11.8 Å². The van der Waals surface area contributed by atoms with Gasteiger partial charge in [0, 0.05) is 18.1 Å². The molecule has 0 aromatic carbocycles. The first-order chi connectivity index (χ1) is 6.58. The van der Waals surface area contributed by atoms with Crippen LogP contribution in [0, 0.1) is 0 Å². The van der Waals surface area contributed by atoms with E-state index < -0.39 is 5.60 Å². The van der Waals surface area contributed by atoms with Crippen molar-refractivity contribution >= 4 is 17.7 Å². The third-order valence-corrected chi connectivity index (χ3v) is 3.66. The van der Waals surface area contributed by atoms with E-state index in [1.165, 1.54) is 0 Å². The minimum absolute atomic E-state index is 0.0372. The van der Waals surface area contributed by atoms with E-state index in [4.69, 9.17) is 0 Å². The maximum absolute atomic E-state index is 11.8. The van der Waals surface area contributed by atoms with Gasteiger partial charge in [0.15, 0.2) is 0 Å². The van der Waals surface area contributed by atoms with Gasteiger partial charge in [-0.1, -0.05) is 0 Å². The molecule has 4 nitrogen and oxygen atoms in total. The summed E-state index contributed by atoms with van der Waals surface area (Å²) in [5, 5.41) is 12.7. The highest BCUT2D eigenvalue weighted by molar-refractivity contribution is 7.99. The molecule has 2 aliphatic heterocycles. The monoisotopic (exact) mass is 216 g/mol. The van der Waals surface area contributed by atoms with Crippen molar-refractivity contribution in [3.05, 3.63) is 0 Å². The number of aliphatic hydroxyl groups is 1. The Morgan fingerprint density at radius 3 is 2.86 bits per heavy atom.